The Balaban J connectivity index is 1.67. The first-order valence-corrected chi connectivity index (χ1v) is 7.97. The standard InChI is InChI=1S/C17H25NO4/c1-14(12-18-10-4-3-5-11-18)22-17(19)13-21-16-8-6-15(20-2)7-9-16/h6-9,14H,3-5,10-13H2,1-2H3/p+1. The van der Waals surface area contributed by atoms with Crippen molar-refractivity contribution in [2.75, 3.05) is 33.4 Å². The van der Waals surface area contributed by atoms with Crippen LogP contribution in [-0.2, 0) is 9.53 Å². The highest BCUT2D eigenvalue weighted by atomic mass is 16.6. The van der Waals surface area contributed by atoms with E-state index in [0.29, 0.717) is 5.75 Å². The molecule has 1 aromatic carbocycles. The predicted octanol–water partition coefficient (Wildman–Crippen LogP) is 1.07. The van der Waals surface area contributed by atoms with Crippen LogP contribution in [0.3, 0.4) is 0 Å². The highest BCUT2D eigenvalue weighted by Crippen LogP contribution is 2.16. The molecule has 1 heterocycles. The molecule has 0 radical (unpaired) electrons. The fourth-order valence-corrected chi connectivity index (χ4v) is 2.78. The Morgan fingerprint density at radius 1 is 1.14 bits per heavy atom. The lowest BCUT2D eigenvalue weighted by Crippen LogP contribution is -3.13. The van der Waals surface area contributed by atoms with Gasteiger partial charge in [0.1, 0.15) is 24.1 Å². The van der Waals surface area contributed by atoms with Crippen molar-refractivity contribution in [3.63, 3.8) is 0 Å². The Kier molecular flexibility index (Phi) is 6.52. The van der Waals surface area contributed by atoms with Crippen LogP contribution >= 0.6 is 0 Å². The van der Waals surface area contributed by atoms with E-state index in [1.165, 1.54) is 37.3 Å². The number of piperidine rings is 1. The van der Waals surface area contributed by atoms with Crippen molar-refractivity contribution in [1.29, 1.82) is 0 Å². The molecular formula is C17H26NO4+. The molecular weight excluding hydrogens is 282 g/mol. The van der Waals surface area contributed by atoms with E-state index in [0.717, 1.165) is 12.3 Å². The van der Waals surface area contributed by atoms with Gasteiger partial charge >= 0.3 is 5.97 Å². The summed E-state index contributed by atoms with van der Waals surface area (Å²) in [5, 5.41) is 0. The third-order valence-electron chi connectivity index (χ3n) is 3.89. The Labute approximate surface area is 132 Å². The number of esters is 1. The van der Waals surface area contributed by atoms with Crippen LogP contribution in [0.15, 0.2) is 24.3 Å². The molecule has 5 nitrogen and oxygen atoms in total. The van der Waals surface area contributed by atoms with Crippen molar-refractivity contribution in [1.82, 2.24) is 0 Å². The zero-order chi connectivity index (χ0) is 15.8. The van der Waals surface area contributed by atoms with E-state index in [4.69, 9.17) is 14.2 Å². The first-order chi connectivity index (χ1) is 10.7. The van der Waals surface area contributed by atoms with Crippen LogP contribution in [-0.4, -0.2) is 45.4 Å². The lowest BCUT2D eigenvalue weighted by molar-refractivity contribution is -0.907. The molecule has 1 aliphatic rings. The summed E-state index contributed by atoms with van der Waals surface area (Å²) < 4.78 is 15.9. The second-order valence-corrected chi connectivity index (χ2v) is 5.78. The summed E-state index contributed by atoms with van der Waals surface area (Å²) >= 11 is 0. The molecule has 1 aliphatic heterocycles. The number of rotatable bonds is 7. The maximum absolute atomic E-state index is 11.8. The topological polar surface area (TPSA) is 49.2 Å². The predicted molar refractivity (Wildman–Crippen MR) is 83.5 cm³/mol. The lowest BCUT2D eigenvalue weighted by atomic mass is 10.1. The van der Waals surface area contributed by atoms with E-state index < -0.39 is 0 Å². The third-order valence-corrected chi connectivity index (χ3v) is 3.89. The highest BCUT2D eigenvalue weighted by molar-refractivity contribution is 5.71. The summed E-state index contributed by atoms with van der Waals surface area (Å²) in [6.07, 6.45) is 3.81. The van der Waals surface area contributed by atoms with Crippen molar-refractivity contribution in [3.8, 4) is 11.5 Å². The van der Waals surface area contributed by atoms with Crippen LogP contribution in [0.25, 0.3) is 0 Å². The second-order valence-electron chi connectivity index (χ2n) is 5.78. The molecule has 0 spiro atoms. The fraction of sp³-hybridized carbons (Fsp3) is 0.588. The molecule has 1 saturated heterocycles. The van der Waals surface area contributed by atoms with Gasteiger partial charge in [0.15, 0.2) is 6.61 Å². The zero-order valence-corrected chi connectivity index (χ0v) is 13.5. The Morgan fingerprint density at radius 3 is 2.41 bits per heavy atom. The second kappa shape index (κ2) is 8.63. The zero-order valence-electron chi connectivity index (χ0n) is 13.5. The molecule has 122 valence electrons. The van der Waals surface area contributed by atoms with E-state index >= 15 is 0 Å². The molecule has 5 heteroatoms. The average molecular weight is 308 g/mol. The van der Waals surface area contributed by atoms with Gasteiger partial charge in [0.05, 0.1) is 20.2 Å². The summed E-state index contributed by atoms with van der Waals surface area (Å²) in [6, 6.07) is 7.13. The van der Waals surface area contributed by atoms with Gasteiger partial charge in [0, 0.05) is 0 Å². The van der Waals surface area contributed by atoms with Gasteiger partial charge in [-0.2, -0.15) is 0 Å². The summed E-state index contributed by atoms with van der Waals surface area (Å²) in [7, 11) is 1.61. The molecule has 22 heavy (non-hydrogen) atoms. The summed E-state index contributed by atoms with van der Waals surface area (Å²) in [6.45, 7) is 5.14. The molecule has 1 N–H and O–H groups in total. The molecule has 0 aromatic heterocycles. The monoisotopic (exact) mass is 308 g/mol. The minimum atomic E-state index is -0.320. The third kappa shape index (κ3) is 5.56. The Hall–Kier alpha value is -1.75. The number of hydrogen-bond donors (Lipinski definition) is 1. The van der Waals surface area contributed by atoms with E-state index in [1.807, 2.05) is 6.92 Å². The van der Waals surface area contributed by atoms with Crippen LogP contribution in [0.4, 0.5) is 0 Å². The van der Waals surface area contributed by atoms with Crippen LogP contribution in [0.5, 0.6) is 11.5 Å². The van der Waals surface area contributed by atoms with Crippen molar-refractivity contribution < 1.29 is 23.9 Å². The van der Waals surface area contributed by atoms with Gasteiger partial charge in [-0.15, -0.1) is 0 Å². The summed E-state index contributed by atoms with van der Waals surface area (Å²) in [4.78, 5) is 13.3. The van der Waals surface area contributed by atoms with Gasteiger partial charge in [0.25, 0.3) is 0 Å². The minimum absolute atomic E-state index is 0.0635. The van der Waals surface area contributed by atoms with Crippen molar-refractivity contribution in [2.24, 2.45) is 0 Å². The smallest absolute Gasteiger partial charge is 0.344 e. The van der Waals surface area contributed by atoms with Crippen LogP contribution < -0.4 is 14.4 Å². The number of carbonyl (C=O) groups excluding carboxylic acids is 1. The molecule has 1 unspecified atom stereocenters. The van der Waals surface area contributed by atoms with Gasteiger partial charge in [0.2, 0.25) is 0 Å². The number of carbonyl (C=O) groups is 1. The van der Waals surface area contributed by atoms with E-state index in [1.54, 1.807) is 31.4 Å². The number of nitrogens with one attached hydrogen (secondary N) is 1. The van der Waals surface area contributed by atoms with Crippen molar-refractivity contribution >= 4 is 5.97 Å². The quantitative estimate of drug-likeness (QED) is 0.766. The molecule has 2 rings (SSSR count). The number of methoxy groups -OCH3 is 1. The summed E-state index contributed by atoms with van der Waals surface area (Å²) in [5.41, 5.74) is 0. The molecule has 0 bridgehead atoms. The number of hydrogen-bond acceptors (Lipinski definition) is 4. The van der Waals surface area contributed by atoms with Crippen LogP contribution in [0, 0.1) is 0 Å². The first kappa shape index (κ1) is 16.6. The molecule has 0 aliphatic carbocycles. The molecule has 1 aromatic rings. The van der Waals surface area contributed by atoms with E-state index in [-0.39, 0.29) is 18.7 Å². The Morgan fingerprint density at radius 2 is 1.77 bits per heavy atom. The van der Waals surface area contributed by atoms with Gasteiger partial charge < -0.3 is 19.1 Å². The van der Waals surface area contributed by atoms with Crippen molar-refractivity contribution in [3.05, 3.63) is 24.3 Å². The highest BCUT2D eigenvalue weighted by Gasteiger charge is 2.19. The first-order valence-electron chi connectivity index (χ1n) is 7.97. The Bertz CT molecular complexity index is 454. The van der Waals surface area contributed by atoms with Crippen molar-refractivity contribution in [2.45, 2.75) is 32.3 Å². The van der Waals surface area contributed by atoms with Crippen LogP contribution in [0.2, 0.25) is 0 Å². The van der Waals surface area contributed by atoms with E-state index in [2.05, 4.69) is 0 Å². The van der Waals surface area contributed by atoms with Gasteiger partial charge in [-0.3, -0.25) is 0 Å². The molecule has 0 saturated carbocycles. The number of benzene rings is 1. The van der Waals surface area contributed by atoms with Gasteiger partial charge in [-0.1, -0.05) is 0 Å². The number of likely N-dealkylation sites (tertiary alicyclic amines) is 1. The number of quaternary nitrogens is 1. The number of ether oxygens (including phenoxy) is 3. The molecule has 0 amide bonds. The fourth-order valence-electron chi connectivity index (χ4n) is 2.78. The normalized spacial score (nSPS) is 16.8. The minimum Gasteiger partial charge on any atom is -0.497 e. The largest absolute Gasteiger partial charge is 0.497 e. The maximum atomic E-state index is 11.8. The average Bonchev–Trinajstić information content (AvgIpc) is 2.54. The van der Waals surface area contributed by atoms with Gasteiger partial charge in [-0.05, 0) is 50.5 Å². The maximum Gasteiger partial charge on any atom is 0.344 e. The lowest BCUT2D eigenvalue weighted by Gasteiger charge is -2.26. The van der Waals surface area contributed by atoms with Gasteiger partial charge in [-0.25, -0.2) is 4.79 Å². The SMILES string of the molecule is COc1ccc(OCC(=O)OC(C)C[NH+]2CCCCC2)cc1. The summed E-state index contributed by atoms with van der Waals surface area (Å²) in [5.74, 6) is 1.07. The van der Waals surface area contributed by atoms with E-state index in [9.17, 15) is 4.79 Å². The molecule has 1 fully saturated rings. The van der Waals surface area contributed by atoms with Crippen LogP contribution in [0.1, 0.15) is 26.2 Å². The molecule has 1 atom stereocenters.